The van der Waals surface area contributed by atoms with E-state index in [0.29, 0.717) is 11.4 Å². The van der Waals surface area contributed by atoms with Gasteiger partial charge in [0.25, 0.3) is 0 Å². The highest BCUT2D eigenvalue weighted by atomic mass is 16.6. The van der Waals surface area contributed by atoms with Crippen molar-refractivity contribution in [1.82, 2.24) is 5.32 Å². The van der Waals surface area contributed by atoms with Crippen LogP contribution in [0, 0.1) is 6.92 Å². The molecule has 1 aliphatic heterocycles. The Morgan fingerprint density at radius 3 is 2.37 bits per heavy atom. The van der Waals surface area contributed by atoms with Crippen LogP contribution in [0.2, 0.25) is 0 Å². The molecule has 6 heteroatoms. The van der Waals surface area contributed by atoms with E-state index in [-0.39, 0.29) is 5.71 Å². The van der Waals surface area contributed by atoms with Gasteiger partial charge in [-0.15, -0.1) is 0 Å². The molecule has 27 heavy (non-hydrogen) atoms. The van der Waals surface area contributed by atoms with E-state index in [9.17, 15) is 9.59 Å². The molecule has 1 atom stereocenters. The topological polar surface area (TPSA) is 77.0 Å². The van der Waals surface area contributed by atoms with Crippen molar-refractivity contribution in [2.45, 2.75) is 39.3 Å². The normalized spacial score (nSPS) is 15.6. The van der Waals surface area contributed by atoms with E-state index in [0.717, 1.165) is 11.1 Å². The molecule has 1 heterocycles. The van der Waals surface area contributed by atoms with Gasteiger partial charge in [-0.1, -0.05) is 35.9 Å². The van der Waals surface area contributed by atoms with E-state index in [1.807, 2.05) is 37.3 Å². The molecule has 6 nitrogen and oxygen atoms in total. The van der Waals surface area contributed by atoms with Crippen LogP contribution in [0.4, 0.5) is 10.5 Å². The van der Waals surface area contributed by atoms with E-state index >= 15 is 0 Å². The monoisotopic (exact) mass is 366 g/mol. The van der Waals surface area contributed by atoms with Crippen molar-refractivity contribution in [3.8, 4) is 5.75 Å². The number of carbonyl (C=O) groups is 2. The van der Waals surface area contributed by atoms with Gasteiger partial charge in [-0.2, -0.15) is 0 Å². The third-order valence-corrected chi connectivity index (χ3v) is 3.86. The number of rotatable bonds is 3. The fraction of sp³-hybridized carbons (Fsp3) is 0.286. The summed E-state index contributed by atoms with van der Waals surface area (Å²) in [6, 6.07) is 13.6. The Balaban J connectivity index is 1.80. The van der Waals surface area contributed by atoms with Crippen molar-refractivity contribution in [1.29, 1.82) is 0 Å². The molecular formula is C21H22N2O4. The van der Waals surface area contributed by atoms with Gasteiger partial charge < -0.3 is 14.8 Å². The zero-order valence-electron chi connectivity index (χ0n) is 15.8. The molecule has 0 radical (unpaired) electrons. The number of aliphatic imine (C=N–C) groups is 1. The first-order chi connectivity index (χ1) is 12.7. The smallest absolute Gasteiger partial charge is 0.413 e. The zero-order valence-corrected chi connectivity index (χ0v) is 15.8. The summed E-state index contributed by atoms with van der Waals surface area (Å²) in [5.41, 5.74) is 1.87. The Labute approximate surface area is 158 Å². The van der Waals surface area contributed by atoms with Gasteiger partial charge in [0.15, 0.2) is 5.71 Å². The average Bonchev–Trinajstić information content (AvgIpc) is 2.94. The third kappa shape index (κ3) is 4.53. The lowest BCUT2D eigenvalue weighted by Gasteiger charge is -2.22. The lowest BCUT2D eigenvalue weighted by Crippen LogP contribution is -2.39. The van der Waals surface area contributed by atoms with Gasteiger partial charge in [0, 0.05) is 5.56 Å². The summed E-state index contributed by atoms with van der Waals surface area (Å²) in [5, 5.41) is 2.72. The van der Waals surface area contributed by atoms with Crippen molar-refractivity contribution in [2.75, 3.05) is 0 Å². The summed E-state index contributed by atoms with van der Waals surface area (Å²) in [5.74, 6) is -0.153. The first kappa shape index (κ1) is 18.6. The predicted molar refractivity (Wildman–Crippen MR) is 102 cm³/mol. The van der Waals surface area contributed by atoms with Gasteiger partial charge in [-0.3, -0.25) is 0 Å². The van der Waals surface area contributed by atoms with Crippen molar-refractivity contribution in [3.05, 3.63) is 59.7 Å². The van der Waals surface area contributed by atoms with E-state index in [1.165, 1.54) is 0 Å². The van der Waals surface area contributed by atoms with Crippen molar-refractivity contribution < 1.29 is 19.1 Å². The van der Waals surface area contributed by atoms with Gasteiger partial charge in [0.05, 0.1) is 5.69 Å². The molecule has 1 N–H and O–H groups in total. The Morgan fingerprint density at radius 1 is 1.04 bits per heavy atom. The summed E-state index contributed by atoms with van der Waals surface area (Å²) >= 11 is 0. The molecule has 2 aromatic rings. The second kappa shape index (κ2) is 7.23. The minimum atomic E-state index is -0.728. The highest BCUT2D eigenvalue weighted by Crippen LogP contribution is 2.34. The Morgan fingerprint density at radius 2 is 1.70 bits per heavy atom. The summed E-state index contributed by atoms with van der Waals surface area (Å²) in [6.07, 6.45) is -0.670. The van der Waals surface area contributed by atoms with Crippen LogP contribution in [-0.4, -0.2) is 23.4 Å². The number of para-hydroxylation sites is 1. The van der Waals surface area contributed by atoms with Gasteiger partial charge >= 0.3 is 12.1 Å². The van der Waals surface area contributed by atoms with Gasteiger partial charge in [0.1, 0.15) is 17.4 Å². The number of ether oxygens (including phenoxy) is 2. The van der Waals surface area contributed by atoms with E-state index in [1.54, 1.807) is 39.0 Å². The van der Waals surface area contributed by atoms with Crippen molar-refractivity contribution in [2.24, 2.45) is 4.99 Å². The molecule has 0 spiro atoms. The first-order valence-corrected chi connectivity index (χ1v) is 8.69. The predicted octanol–water partition coefficient (Wildman–Crippen LogP) is 4.25. The number of amides is 1. The number of nitrogens with one attached hydrogen (secondary N) is 1. The molecular weight excluding hydrogens is 344 g/mol. The fourth-order valence-corrected chi connectivity index (χ4v) is 2.68. The maximum atomic E-state index is 12.6. The van der Waals surface area contributed by atoms with Crippen molar-refractivity contribution >= 4 is 23.5 Å². The Bertz CT molecular complexity index is 895. The second-order valence-electron chi connectivity index (χ2n) is 7.34. The lowest BCUT2D eigenvalue weighted by molar-refractivity contribution is -0.146. The van der Waals surface area contributed by atoms with Crippen molar-refractivity contribution in [3.63, 3.8) is 0 Å². The van der Waals surface area contributed by atoms with Gasteiger partial charge in [0.2, 0.25) is 0 Å². The molecule has 140 valence electrons. The summed E-state index contributed by atoms with van der Waals surface area (Å²) < 4.78 is 10.8. The summed E-state index contributed by atoms with van der Waals surface area (Å²) in [6.45, 7) is 7.29. The number of nitrogens with zero attached hydrogens (tertiary/aromatic N) is 1. The molecule has 1 aliphatic rings. The molecule has 0 bridgehead atoms. The molecule has 1 amide bonds. The highest BCUT2D eigenvalue weighted by Gasteiger charge is 2.36. The Kier molecular flexibility index (Phi) is 4.99. The molecule has 0 fully saturated rings. The van der Waals surface area contributed by atoms with Crippen LogP contribution in [-0.2, 0) is 9.53 Å². The molecule has 3 rings (SSSR count). The van der Waals surface area contributed by atoms with Gasteiger partial charge in [-0.05, 0) is 45.9 Å². The SMILES string of the molecule is Cc1ccc(OC(=O)NC2C(C(=O)OC(C)(C)C)=Nc3ccccc32)cc1. The fourth-order valence-electron chi connectivity index (χ4n) is 2.68. The third-order valence-electron chi connectivity index (χ3n) is 3.86. The maximum absolute atomic E-state index is 12.6. The van der Waals surface area contributed by atoms with Crippen LogP contribution in [0.5, 0.6) is 5.75 Å². The number of hydrogen-bond acceptors (Lipinski definition) is 5. The lowest BCUT2D eigenvalue weighted by atomic mass is 10.0. The molecule has 2 aromatic carbocycles. The molecule has 1 unspecified atom stereocenters. The summed E-state index contributed by atoms with van der Waals surface area (Å²) in [4.78, 5) is 29.3. The minimum absolute atomic E-state index is 0.131. The summed E-state index contributed by atoms with van der Waals surface area (Å²) in [7, 11) is 0. The standard InChI is InChI=1S/C21H22N2O4/c1-13-9-11-14(12-10-13)26-20(25)23-17-15-7-5-6-8-16(15)22-18(17)19(24)27-21(2,3)4/h5-12,17H,1-4H3,(H,23,25). The quantitative estimate of drug-likeness (QED) is 0.824. The molecule has 0 aromatic heterocycles. The average molecular weight is 366 g/mol. The number of fused-ring (bicyclic) bond motifs is 1. The molecule has 0 saturated carbocycles. The second-order valence-corrected chi connectivity index (χ2v) is 7.34. The maximum Gasteiger partial charge on any atom is 0.413 e. The number of benzene rings is 2. The first-order valence-electron chi connectivity index (χ1n) is 8.69. The van der Waals surface area contributed by atoms with Crippen LogP contribution >= 0.6 is 0 Å². The van der Waals surface area contributed by atoms with E-state index < -0.39 is 23.7 Å². The zero-order chi connectivity index (χ0) is 19.6. The van der Waals surface area contributed by atoms with E-state index in [2.05, 4.69) is 10.3 Å². The van der Waals surface area contributed by atoms with Crippen LogP contribution in [0.25, 0.3) is 0 Å². The van der Waals surface area contributed by atoms with E-state index in [4.69, 9.17) is 9.47 Å². The minimum Gasteiger partial charge on any atom is -0.455 e. The number of esters is 1. The van der Waals surface area contributed by atoms with Crippen LogP contribution in [0.3, 0.4) is 0 Å². The number of carbonyl (C=O) groups excluding carboxylic acids is 2. The van der Waals surface area contributed by atoms with Crippen LogP contribution in [0.15, 0.2) is 53.5 Å². The Hall–Kier alpha value is -3.15. The molecule has 0 aliphatic carbocycles. The largest absolute Gasteiger partial charge is 0.455 e. The highest BCUT2D eigenvalue weighted by molar-refractivity contribution is 6.40. The number of aryl methyl sites for hydroxylation is 1. The number of hydrogen-bond donors (Lipinski definition) is 1. The van der Waals surface area contributed by atoms with Crippen LogP contribution < -0.4 is 10.1 Å². The molecule has 0 saturated heterocycles. The van der Waals surface area contributed by atoms with Gasteiger partial charge in [-0.25, -0.2) is 14.6 Å². The van der Waals surface area contributed by atoms with Crippen LogP contribution in [0.1, 0.15) is 37.9 Å².